The number of morpholine rings is 1. The van der Waals surface area contributed by atoms with Crippen molar-refractivity contribution in [3.63, 3.8) is 0 Å². The van der Waals surface area contributed by atoms with Crippen LogP contribution in [0.15, 0.2) is 53.6 Å². The molecule has 1 aliphatic carbocycles. The van der Waals surface area contributed by atoms with Crippen molar-refractivity contribution in [1.82, 2.24) is 14.5 Å². The highest BCUT2D eigenvalue weighted by Crippen LogP contribution is 2.38. The Morgan fingerprint density at radius 3 is 2.97 bits per heavy atom. The zero-order chi connectivity index (χ0) is 20.7. The molecule has 5 rings (SSSR count). The lowest BCUT2D eigenvalue weighted by molar-refractivity contribution is 0.00793. The topological polar surface area (TPSA) is 60.2 Å². The molecular weight excluding hydrogens is 383 g/mol. The van der Waals surface area contributed by atoms with Gasteiger partial charge in [-0.05, 0) is 36.5 Å². The number of anilines is 1. The number of benzene rings is 1. The predicted molar refractivity (Wildman–Crippen MR) is 112 cm³/mol. The van der Waals surface area contributed by atoms with Crippen molar-refractivity contribution in [3.05, 3.63) is 76.1 Å². The third-order valence-electron chi connectivity index (χ3n) is 6.10. The van der Waals surface area contributed by atoms with Crippen LogP contribution in [0.1, 0.15) is 30.1 Å². The van der Waals surface area contributed by atoms with E-state index in [4.69, 9.17) is 9.72 Å². The molecule has 0 saturated carbocycles. The van der Waals surface area contributed by atoms with E-state index in [2.05, 4.69) is 28.1 Å². The van der Waals surface area contributed by atoms with E-state index < -0.39 is 5.82 Å². The van der Waals surface area contributed by atoms with Crippen LogP contribution in [0.3, 0.4) is 0 Å². The minimum Gasteiger partial charge on any atom is -0.370 e. The van der Waals surface area contributed by atoms with Crippen molar-refractivity contribution < 1.29 is 9.13 Å². The fraction of sp³-hybridized carbons (Fsp3) is 0.348. The molecule has 154 valence electrons. The van der Waals surface area contributed by atoms with Gasteiger partial charge in [-0.25, -0.2) is 9.37 Å². The predicted octanol–water partition coefficient (Wildman–Crippen LogP) is 3.26. The number of pyridine rings is 1. The van der Waals surface area contributed by atoms with E-state index in [-0.39, 0.29) is 23.3 Å². The van der Waals surface area contributed by atoms with Gasteiger partial charge < -0.3 is 9.64 Å². The monoisotopic (exact) mass is 406 g/mol. The van der Waals surface area contributed by atoms with E-state index in [0.29, 0.717) is 24.8 Å². The molecule has 0 unspecified atom stereocenters. The van der Waals surface area contributed by atoms with Crippen LogP contribution in [0.4, 0.5) is 10.3 Å². The first kappa shape index (κ1) is 18.9. The SMILES string of the molecule is Cn1c(N2CCO[C@H]3c4ccccc4CCC[C@H]32)nc(-c2ccncc2F)cc1=O. The summed E-state index contributed by atoms with van der Waals surface area (Å²) in [7, 11) is 1.71. The molecule has 0 radical (unpaired) electrons. The smallest absolute Gasteiger partial charge is 0.255 e. The Morgan fingerprint density at radius 1 is 1.23 bits per heavy atom. The van der Waals surface area contributed by atoms with Crippen molar-refractivity contribution in [1.29, 1.82) is 0 Å². The molecule has 1 fully saturated rings. The van der Waals surface area contributed by atoms with Crippen LogP contribution in [0.5, 0.6) is 0 Å². The zero-order valence-corrected chi connectivity index (χ0v) is 16.8. The Morgan fingerprint density at radius 2 is 2.10 bits per heavy atom. The van der Waals surface area contributed by atoms with Gasteiger partial charge in [-0.1, -0.05) is 24.3 Å². The van der Waals surface area contributed by atoms with Crippen molar-refractivity contribution in [2.75, 3.05) is 18.1 Å². The van der Waals surface area contributed by atoms with Crippen molar-refractivity contribution in [2.45, 2.75) is 31.4 Å². The Bertz CT molecular complexity index is 1150. The van der Waals surface area contributed by atoms with Crippen LogP contribution in [0, 0.1) is 5.82 Å². The second-order valence-corrected chi connectivity index (χ2v) is 7.84. The molecule has 3 aromatic rings. The summed E-state index contributed by atoms with van der Waals surface area (Å²) in [6.07, 6.45) is 5.55. The summed E-state index contributed by atoms with van der Waals surface area (Å²) in [5.41, 5.74) is 2.92. The van der Waals surface area contributed by atoms with Crippen LogP contribution in [-0.4, -0.2) is 33.7 Å². The second-order valence-electron chi connectivity index (χ2n) is 7.84. The summed E-state index contributed by atoms with van der Waals surface area (Å²) in [4.78, 5) is 23.4. The molecule has 6 nitrogen and oxygen atoms in total. The summed E-state index contributed by atoms with van der Waals surface area (Å²) in [6, 6.07) is 11.4. The standard InChI is InChI=1S/C23H23FN4O2/c1-27-21(29)13-19(17-9-10-25-14-18(17)24)26-23(27)28-11-12-30-22-16-7-3-2-5-15(16)6-4-8-20(22)28/h2-3,5,7,9-10,13-14,20,22H,4,6,8,11-12H2,1H3/t20-,22+/m1/s1. The van der Waals surface area contributed by atoms with Gasteiger partial charge in [0.1, 0.15) is 6.10 Å². The molecule has 0 amide bonds. The number of nitrogens with zero attached hydrogens (tertiary/aromatic N) is 4. The highest BCUT2D eigenvalue weighted by Gasteiger charge is 2.37. The molecular formula is C23H23FN4O2. The van der Waals surface area contributed by atoms with Crippen molar-refractivity contribution in [2.24, 2.45) is 7.05 Å². The minimum absolute atomic E-state index is 0.0676. The fourth-order valence-electron chi connectivity index (χ4n) is 4.62. The van der Waals surface area contributed by atoms with Gasteiger partial charge in [-0.2, -0.15) is 0 Å². The number of aryl methyl sites for hydroxylation is 1. The summed E-state index contributed by atoms with van der Waals surface area (Å²) in [5.74, 6) is 0.0545. The molecule has 0 bridgehead atoms. The minimum atomic E-state index is -0.493. The van der Waals surface area contributed by atoms with E-state index in [1.807, 2.05) is 6.07 Å². The molecule has 30 heavy (non-hydrogen) atoms. The molecule has 2 atom stereocenters. The summed E-state index contributed by atoms with van der Waals surface area (Å²) in [6.45, 7) is 1.17. The molecule has 3 heterocycles. The first-order chi connectivity index (χ1) is 14.6. The van der Waals surface area contributed by atoms with E-state index in [1.165, 1.54) is 23.4 Å². The number of rotatable bonds is 2. The lowest BCUT2D eigenvalue weighted by Gasteiger charge is -2.42. The van der Waals surface area contributed by atoms with Gasteiger partial charge in [0, 0.05) is 31.4 Å². The number of hydrogen-bond donors (Lipinski definition) is 0. The number of hydrogen-bond acceptors (Lipinski definition) is 5. The summed E-state index contributed by atoms with van der Waals surface area (Å²) < 4.78 is 22.1. The molecule has 7 heteroatoms. The molecule has 2 aromatic heterocycles. The molecule has 0 N–H and O–H groups in total. The van der Waals surface area contributed by atoms with Crippen LogP contribution < -0.4 is 10.5 Å². The van der Waals surface area contributed by atoms with Crippen molar-refractivity contribution in [3.8, 4) is 11.3 Å². The van der Waals surface area contributed by atoms with Gasteiger partial charge in [-0.3, -0.25) is 14.3 Å². The molecule has 1 aliphatic heterocycles. The molecule has 1 saturated heterocycles. The maximum absolute atomic E-state index is 14.3. The Labute approximate surface area is 174 Å². The maximum Gasteiger partial charge on any atom is 0.255 e. The van der Waals surface area contributed by atoms with Gasteiger partial charge in [0.25, 0.3) is 5.56 Å². The van der Waals surface area contributed by atoms with Gasteiger partial charge in [0.2, 0.25) is 5.95 Å². The maximum atomic E-state index is 14.3. The number of halogens is 1. The van der Waals surface area contributed by atoms with E-state index >= 15 is 0 Å². The zero-order valence-electron chi connectivity index (χ0n) is 16.8. The second kappa shape index (κ2) is 7.65. The third kappa shape index (κ3) is 3.19. The van der Waals surface area contributed by atoms with Crippen molar-refractivity contribution >= 4 is 5.95 Å². The average Bonchev–Trinajstić information content (AvgIpc) is 2.95. The Balaban J connectivity index is 1.60. The van der Waals surface area contributed by atoms with Crippen LogP contribution in [0.25, 0.3) is 11.3 Å². The number of fused-ring (bicyclic) bond motifs is 3. The van der Waals surface area contributed by atoms with Gasteiger partial charge in [0.15, 0.2) is 5.82 Å². The Hall–Kier alpha value is -3.06. The normalized spacial score (nSPS) is 20.9. The fourth-order valence-corrected chi connectivity index (χ4v) is 4.62. The van der Waals surface area contributed by atoms with E-state index in [1.54, 1.807) is 17.7 Å². The van der Waals surface area contributed by atoms with Crippen LogP contribution in [-0.2, 0) is 18.2 Å². The Kier molecular flexibility index (Phi) is 4.83. The molecule has 2 aliphatic rings. The largest absolute Gasteiger partial charge is 0.370 e. The summed E-state index contributed by atoms with van der Waals surface area (Å²) in [5, 5.41) is 0. The van der Waals surface area contributed by atoms with E-state index in [0.717, 1.165) is 25.5 Å². The first-order valence-electron chi connectivity index (χ1n) is 10.3. The average molecular weight is 406 g/mol. The van der Waals surface area contributed by atoms with Gasteiger partial charge >= 0.3 is 0 Å². The molecule has 1 aromatic carbocycles. The van der Waals surface area contributed by atoms with Gasteiger partial charge in [-0.15, -0.1) is 0 Å². The summed E-state index contributed by atoms with van der Waals surface area (Å²) >= 11 is 0. The quantitative estimate of drug-likeness (QED) is 0.654. The highest BCUT2D eigenvalue weighted by atomic mass is 19.1. The lowest BCUT2D eigenvalue weighted by atomic mass is 9.96. The first-order valence-corrected chi connectivity index (χ1v) is 10.3. The number of ether oxygens (including phenoxy) is 1. The lowest BCUT2D eigenvalue weighted by Crippen LogP contribution is -2.49. The van der Waals surface area contributed by atoms with Gasteiger partial charge in [0.05, 0.1) is 24.5 Å². The highest BCUT2D eigenvalue weighted by molar-refractivity contribution is 5.60. The number of aromatic nitrogens is 3. The third-order valence-corrected chi connectivity index (χ3v) is 6.10. The molecule has 0 spiro atoms. The van der Waals surface area contributed by atoms with Crippen LogP contribution in [0.2, 0.25) is 0 Å². The van der Waals surface area contributed by atoms with E-state index in [9.17, 15) is 9.18 Å². The van der Waals surface area contributed by atoms with Crippen LogP contribution >= 0.6 is 0 Å².